The number of carbonyl (C=O) groups is 3. The molecule has 32 heavy (non-hydrogen) atoms. The maximum Gasteiger partial charge on any atom is 0.410 e. The van der Waals surface area contributed by atoms with E-state index < -0.39 is 41.8 Å². The molecular weight excluding hydrogens is 408 g/mol. The maximum atomic E-state index is 13.2. The number of aldehydes is 1. The third kappa shape index (κ3) is 5.46. The molecule has 0 bridgehead atoms. The van der Waals surface area contributed by atoms with E-state index in [9.17, 15) is 14.4 Å². The van der Waals surface area contributed by atoms with Crippen molar-refractivity contribution in [2.24, 2.45) is 5.92 Å². The van der Waals surface area contributed by atoms with Crippen LogP contribution in [0.2, 0.25) is 0 Å². The van der Waals surface area contributed by atoms with Gasteiger partial charge in [-0.15, -0.1) is 0 Å². The van der Waals surface area contributed by atoms with Crippen LogP contribution in [-0.2, 0) is 20.9 Å². The Morgan fingerprint density at radius 3 is 2.19 bits per heavy atom. The molecule has 7 nitrogen and oxygen atoms in total. The zero-order valence-electron chi connectivity index (χ0n) is 18.9. The maximum absolute atomic E-state index is 13.2. The van der Waals surface area contributed by atoms with Gasteiger partial charge in [0, 0.05) is 6.04 Å². The molecular formula is C25H30N2O5. The van der Waals surface area contributed by atoms with Gasteiger partial charge in [-0.2, -0.15) is 0 Å². The summed E-state index contributed by atoms with van der Waals surface area (Å²) in [7, 11) is 0. The average molecular weight is 439 g/mol. The van der Waals surface area contributed by atoms with E-state index in [0.29, 0.717) is 0 Å². The van der Waals surface area contributed by atoms with E-state index in [1.54, 1.807) is 32.6 Å². The second kappa shape index (κ2) is 9.85. The Morgan fingerprint density at radius 2 is 1.62 bits per heavy atom. The summed E-state index contributed by atoms with van der Waals surface area (Å²) < 4.78 is 11.0. The Kier molecular flexibility index (Phi) is 7.18. The van der Waals surface area contributed by atoms with Crippen LogP contribution in [0.4, 0.5) is 9.59 Å². The average Bonchev–Trinajstić information content (AvgIpc) is 3.03. The molecule has 1 aliphatic heterocycles. The number of likely N-dealkylation sites (tertiary alicyclic amines) is 1. The SMILES string of the molecule is C[C@@H]1[C@@H](C=O)[C@H](NC(=O)OC(C)(C)C)[C@H](c2ccccc2)N1C(=O)OCc1ccccc1. The van der Waals surface area contributed by atoms with E-state index >= 15 is 0 Å². The predicted octanol–water partition coefficient (Wildman–Crippen LogP) is 4.48. The van der Waals surface area contributed by atoms with Crippen molar-refractivity contribution in [3.63, 3.8) is 0 Å². The van der Waals surface area contributed by atoms with E-state index in [1.807, 2.05) is 60.7 Å². The first-order valence-corrected chi connectivity index (χ1v) is 10.7. The minimum Gasteiger partial charge on any atom is -0.445 e. The van der Waals surface area contributed by atoms with Crippen molar-refractivity contribution < 1.29 is 23.9 Å². The van der Waals surface area contributed by atoms with Crippen LogP contribution < -0.4 is 5.32 Å². The van der Waals surface area contributed by atoms with Gasteiger partial charge >= 0.3 is 12.2 Å². The number of rotatable bonds is 5. The quantitative estimate of drug-likeness (QED) is 0.696. The highest BCUT2D eigenvalue weighted by Gasteiger charge is 2.51. The molecule has 7 heteroatoms. The Morgan fingerprint density at radius 1 is 1.03 bits per heavy atom. The summed E-state index contributed by atoms with van der Waals surface area (Å²) in [5, 5.41) is 2.83. The van der Waals surface area contributed by atoms with E-state index in [-0.39, 0.29) is 6.61 Å². The topological polar surface area (TPSA) is 84.9 Å². The van der Waals surface area contributed by atoms with Gasteiger partial charge in [-0.3, -0.25) is 4.90 Å². The molecule has 1 N–H and O–H groups in total. The highest BCUT2D eigenvalue weighted by atomic mass is 16.6. The van der Waals surface area contributed by atoms with Gasteiger partial charge in [0.05, 0.1) is 18.0 Å². The summed E-state index contributed by atoms with van der Waals surface area (Å²) in [5.74, 6) is -0.628. The Hall–Kier alpha value is -3.35. The van der Waals surface area contributed by atoms with Gasteiger partial charge in [0.15, 0.2) is 0 Å². The van der Waals surface area contributed by atoms with Crippen LogP contribution in [0.1, 0.15) is 44.9 Å². The second-order valence-corrected chi connectivity index (χ2v) is 8.93. The Bertz CT molecular complexity index is 926. The predicted molar refractivity (Wildman–Crippen MR) is 120 cm³/mol. The second-order valence-electron chi connectivity index (χ2n) is 8.93. The molecule has 0 aliphatic carbocycles. The van der Waals surface area contributed by atoms with Gasteiger partial charge in [-0.05, 0) is 38.8 Å². The number of carbonyl (C=O) groups excluding carboxylic acids is 3. The van der Waals surface area contributed by atoms with E-state index in [2.05, 4.69) is 5.32 Å². The number of ether oxygens (including phenoxy) is 2. The molecule has 1 saturated heterocycles. The Balaban J connectivity index is 1.89. The molecule has 2 amide bonds. The van der Waals surface area contributed by atoms with Crippen molar-refractivity contribution in [3.05, 3.63) is 71.8 Å². The van der Waals surface area contributed by atoms with Crippen molar-refractivity contribution in [1.82, 2.24) is 10.2 Å². The molecule has 1 heterocycles. The highest BCUT2D eigenvalue weighted by Crippen LogP contribution is 2.40. The number of hydrogen-bond acceptors (Lipinski definition) is 5. The molecule has 0 unspecified atom stereocenters. The molecule has 4 atom stereocenters. The van der Waals surface area contributed by atoms with E-state index in [0.717, 1.165) is 17.4 Å². The molecule has 170 valence electrons. The van der Waals surface area contributed by atoms with Crippen molar-refractivity contribution in [1.29, 1.82) is 0 Å². The third-order valence-corrected chi connectivity index (χ3v) is 5.45. The number of nitrogens with zero attached hydrogens (tertiary/aromatic N) is 1. The van der Waals surface area contributed by atoms with Gasteiger partial charge < -0.3 is 19.6 Å². The molecule has 0 spiro atoms. The van der Waals surface area contributed by atoms with E-state index in [4.69, 9.17) is 9.47 Å². The number of amides is 2. The zero-order chi connectivity index (χ0) is 23.3. The van der Waals surface area contributed by atoms with Crippen LogP contribution in [0.25, 0.3) is 0 Å². The van der Waals surface area contributed by atoms with Gasteiger partial charge in [0.25, 0.3) is 0 Å². The monoisotopic (exact) mass is 438 g/mol. The van der Waals surface area contributed by atoms with Gasteiger partial charge in [-0.1, -0.05) is 60.7 Å². The lowest BCUT2D eigenvalue weighted by Gasteiger charge is -2.30. The lowest BCUT2D eigenvalue weighted by atomic mass is 9.92. The number of hydrogen-bond donors (Lipinski definition) is 1. The molecule has 0 saturated carbocycles. The Labute approximate surface area is 188 Å². The molecule has 2 aromatic carbocycles. The van der Waals surface area contributed by atoms with Crippen LogP contribution >= 0.6 is 0 Å². The first-order valence-electron chi connectivity index (χ1n) is 10.7. The molecule has 2 aromatic rings. The molecule has 0 radical (unpaired) electrons. The van der Waals surface area contributed by atoms with Crippen LogP contribution in [0.15, 0.2) is 60.7 Å². The number of benzene rings is 2. The summed E-state index contributed by atoms with van der Waals surface area (Å²) in [4.78, 5) is 39.3. The van der Waals surface area contributed by atoms with Crippen molar-refractivity contribution in [2.75, 3.05) is 0 Å². The molecule has 0 aromatic heterocycles. The lowest BCUT2D eigenvalue weighted by molar-refractivity contribution is -0.111. The summed E-state index contributed by atoms with van der Waals surface area (Å²) in [6, 6.07) is 17.0. The fourth-order valence-corrected chi connectivity index (χ4v) is 4.03. The zero-order valence-corrected chi connectivity index (χ0v) is 18.9. The fourth-order valence-electron chi connectivity index (χ4n) is 4.03. The van der Waals surface area contributed by atoms with Gasteiger partial charge in [0.2, 0.25) is 0 Å². The van der Waals surface area contributed by atoms with Crippen LogP contribution in [0.3, 0.4) is 0 Å². The van der Waals surface area contributed by atoms with Crippen molar-refractivity contribution in [2.45, 2.75) is 58.0 Å². The normalized spacial score (nSPS) is 22.8. The van der Waals surface area contributed by atoms with Crippen LogP contribution in [-0.4, -0.2) is 41.1 Å². The van der Waals surface area contributed by atoms with Crippen LogP contribution in [0.5, 0.6) is 0 Å². The van der Waals surface area contributed by atoms with Gasteiger partial charge in [0.1, 0.15) is 18.5 Å². The minimum absolute atomic E-state index is 0.111. The van der Waals surface area contributed by atoms with Gasteiger partial charge in [-0.25, -0.2) is 9.59 Å². The fraction of sp³-hybridized carbons (Fsp3) is 0.400. The summed E-state index contributed by atoms with van der Waals surface area (Å²) in [6.45, 7) is 7.20. The van der Waals surface area contributed by atoms with Crippen molar-refractivity contribution in [3.8, 4) is 0 Å². The largest absolute Gasteiger partial charge is 0.445 e. The smallest absolute Gasteiger partial charge is 0.410 e. The first-order chi connectivity index (χ1) is 15.2. The third-order valence-electron chi connectivity index (χ3n) is 5.45. The number of alkyl carbamates (subject to hydrolysis) is 1. The minimum atomic E-state index is -0.693. The summed E-state index contributed by atoms with van der Waals surface area (Å²) >= 11 is 0. The summed E-state index contributed by atoms with van der Waals surface area (Å²) in [6.07, 6.45) is -0.398. The standard InChI is InChI=1S/C25H30N2O5/c1-17-20(15-28)21(26-23(29)32-25(2,3)4)22(19-13-9-6-10-14-19)27(17)24(30)31-16-18-11-7-5-8-12-18/h5-15,17,20-22H,16H2,1-4H3,(H,26,29)/t17-,20-,21+,22+/m1/s1. The van der Waals surface area contributed by atoms with E-state index in [1.165, 1.54) is 0 Å². The molecule has 3 rings (SSSR count). The van der Waals surface area contributed by atoms with Crippen molar-refractivity contribution >= 4 is 18.5 Å². The lowest BCUT2D eigenvalue weighted by Crippen LogP contribution is -2.45. The molecule has 1 fully saturated rings. The molecule has 1 aliphatic rings. The number of nitrogens with one attached hydrogen (secondary N) is 1. The first kappa shape index (κ1) is 23.3. The highest BCUT2D eigenvalue weighted by molar-refractivity contribution is 5.74. The summed E-state index contributed by atoms with van der Waals surface area (Å²) in [5.41, 5.74) is 0.961. The van der Waals surface area contributed by atoms with Crippen LogP contribution in [0, 0.1) is 5.92 Å².